The van der Waals surface area contributed by atoms with Crippen molar-refractivity contribution in [3.05, 3.63) is 95.1 Å². The molecule has 0 spiro atoms. The number of carbonyl (C=O) groups is 2. The molecule has 0 unspecified atom stereocenters. The number of hydrogen-bond acceptors (Lipinski definition) is 4. The quantitative estimate of drug-likeness (QED) is 0.384. The Bertz CT molecular complexity index is 1370. The van der Waals surface area contributed by atoms with Crippen LogP contribution >= 0.6 is 0 Å². The maximum Gasteiger partial charge on any atom is 0.264 e. The van der Waals surface area contributed by atoms with Crippen molar-refractivity contribution >= 4 is 27.5 Å². The van der Waals surface area contributed by atoms with Gasteiger partial charge in [0, 0.05) is 13.1 Å². The summed E-state index contributed by atoms with van der Waals surface area (Å²) in [7, 11) is -4.08. The Morgan fingerprint density at radius 3 is 2.16 bits per heavy atom. The molecule has 0 saturated heterocycles. The third-order valence-corrected chi connectivity index (χ3v) is 8.18. The van der Waals surface area contributed by atoms with Gasteiger partial charge in [-0.3, -0.25) is 13.9 Å². The summed E-state index contributed by atoms with van der Waals surface area (Å²) >= 11 is 0. The molecule has 0 aliphatic carbocycles. The smallest absolute Gasteiger partial charge is 0.264 e. The summed E-state index contributed by atoms with van der Waals surface area (Å²) in [5.41, 5.74) is 4.04. The highest BCUT2D eigenvalue weighted by Crippen LogP contribution is 2.28. The van der Waals surface area contributed by atoms with Gasteiger partial charge in [-0.25, -0.2) is 8.42 Å². The van der Waals surface area contributed by atoms with Crippen molar-refractivity contribution in [1.29, 1.82) is 0 Å². The Labute approximate surface area is 226 Å². The number of nitrogens with one attached hydrogen (secondary N) is 1. The Kier molecular flexibility index (Phi) is 9.69. The molecule has 0 radical (unpaired) electrons. The van der Waals surface area contributed by atoms with E-state index in [1.165, 1.54) is 17.0 Å². The molecule has 8 heteroatoms. The third kappa shape index (κ3) is 6.81. The SMILES string of the molecule is CCNC(=O)[C@H](CC)N(Cc1cccc(C)c1)C(=O)CN(c1ccc(C)cc1C)S(=O)(=O)c1ccccc1. The van der Waals surface area contributed by atoms with E-state index < -0.39 is 28.5 Å². The molecule has 0 aliphatic rings. The fraction of sp³-hybridized carbons (Fsp3) is 0.333. The van der Waals surface area contributed by atoms with Gasteiger partial charge in [0.15, 0.2) is 0 Å². The van der Waals surface area contributed by atoms with Gasteiger partial charge in [0.2, 0.25) is 11.8 Å². The number of rotatable bonds is 11. The lowest BCUT2D eigenvalue weighted by Gasteiger charge is -2.33. The first-order valence-electron chi connectivity index (χ1n) is 12.9. The summed E-state index contributed by atoms with van der Waals surface area (Å²) in [6, 6.07) is 20.5. The number of amides is 2. The zero-order chi connectivity index (χ0) is 27.9. The van der Waals surface area contributed by atoms with E-state index in [0.717, 1.165) is 26.6 Å². The maximum atomic E-state index is 14.0. The highest BCUT2D eigenvalue weighted by Gasteiger charge is 2.34. The van der Waals surface area contributed by atoms with E-state index in [4.69, 9.17) is 0 Å². The summed E-state index contributed by atoms with van der Waals surface area (Å²) in [5, 5.41) is 2.82. The van der Waals surface area contributed by atoms with Crippen LogP contribution in [0.15, 0.2) is 77.7 Å². The van der Waals surface area contributed by atoms with E-state index >= 15 is 0 Å². The Morgan fingerprint density at radius 1 is 0.868 bits per heavy atom. The number of nitrogens with zero attached hydrogens (tertiary/aromatic N) is 2. The second-order valence-electron chi connectivity index (χ2n) is 9.44. The normalized spacial score (nSPS) is 12.0. The molecule has 3 aromatic carbocycles. The zero-order valence-electron chi connectivity index (χ0n) is 22.8. The number of hydrogen-bond donors (Lipinski definition) is 1. The van der Waals surface area contributed by atoms with Crippen LogP contribution in [-0.4, -0.2) is 44.3 Å². The van der Waals surface area contributed by atoms with Gasteiger partial charge in [0.25, 0.3) is 10.0 Å². The molecule has 0 bridgehead atoms. The first kappa shape index (κ1) is 28.9. The predicted molar refractivity (Wildman–Crippen MR) is 151 cm³/mol. The molecular weight excluding hydrogens is 498 g/mol. The van der Waals surface area contributed by atoms with Crippen molar-refractivity contribution in [3.8, 4) is 0 Å². The van der Waals surface area contributed by atoms with Gasteiger partial charge >= 0.3 is 0 Å². The van der Waals surface area contributed by atoms with Gasteiger partial charge in [0.1, 0.15) is 12.6 Å². The molecule has 3 aromatic rings. The number of aryl methyl sites for hydroxylation is 3. The summed E-state index contributed by atoms with van der Waals surface area (Å²) in [6.07, 6.45) is 0.387. The minimum Gasteiger partial charge on any atom is -0.355 e. The standard InChI is InChI=1S/C30H37N3O4S/c1-6-27(30(35)31-7-2)32(20-25-13-11-12-22(3)19-25)29(34)21-33(28-17-16-23(4)18-24(28)5)38(36,37)26-14-9-8-10-15-26/h8-19,27H,6-7,20-21H2,1-5H3,(H,31,35)/t27-/m0/s1. The topological polar surface area (TPSA) is 86.8 Å². The van der Waals surface area contributed by atoms with E-state index in [1.807, 2.05) is 71.0 Å². The summed E-state index contributed by atoms with van der Waals surface area (Å²) in [5.74, 6) is -0.718. The second kappa shape index (κ2) is 12.7. The number of benzene rings is 3. The van der Waals surface area contributed by atoms with Crippen LogP contribution in [0.25, 0.3) is 0 Å². The van der Waals surface area contributed by atoms with Crippen LogP contribution in [-0.2, 0) is 26.2 Å². The molecule has 2 amide bonds. The van der Waals surface area contributed by atoms with Gasteiger partial charge in [-0.1, -0.05) is 72.6 Å². The molecule has 0 aromatic heterocycles. The number of anilines is 1. The Morgan fingerprint density at radius 2 is 1.55 bits per heavy atom. The summed E-state index contributed by atoms with van der Waals surface area (Å²) in [6.45, 7) is 9.56. The van der Waals surface area contributed by atoms with Crippen molar-refractivity contribution in [3.63, 3.8) is 0 Å². The lowest BCUT2D eigenvalue weighted by Crippen LogP contribution is -2.52. The van der Waals surface area contributed by atoms with E-state index in [0.29, 0.717) is 18.7 Å². The van der Waals surface area contributed by atoms with E-state index in [9.17, 15) is 18.0 Å². The van der Waals surface area contributed by atoms with Crippen LogP contribution in [0, 0.1) is 20.8 Å². The molecule has 0 fully saturated rings. The van der Waals surface area contributed by atoms with Gasteiger partial charge in [0.05, 0.1) is 10.6 Å². The van der Waals surface area contributed by atoms with Crippen LogP contribution in [0.3, 0.4) is 0 Å². The maximum absolute atomic E-state index is 14.0. The summed E-state index contributed by atoms with van der Waals surface area (Å²) < 4.78 is 28.9. The van der Waals surface area contributed by atoms with Crippen molar-refractivity contribution in [2.75, 3.05) is 17.4 Å². The number of carbonyl (C=O) groups excluding carboxylic acids is 2. The number of sulfonamides is 1. The molecule has 1 N–H and O–H groups in total. The van der Waals surface area contributed by atoms with Crippen molar-refractivity contribution in [2.24, 2.45) is 0 Å². The van der Waals surface area contributed by atoms with Crippen molar-refractivity contribution in [1.82, 2.24) is 10.2 Å². The molecule has 1 atom stereocenters. The van der Waals surface area contributed by atoms with Gasteiger partial charge in [-0.15, -0.1) is 0 Å². The molecule has 0 heterocycles. The van der Waals surface area contributed by atoms with Gasteiger partial charge < -0.3 is 10.2 Å². The minimum atomic E-state index is -4.08. The first-order valence-corrected chi connectivity index (χ1v) is 14.3. The average molecular weight is 536 g/mol. The van der Waals surface area contributed by atoms with Gasteiger partial charge in [-0.2, -0.15) is 0 Å². The molecule has 0 aliphatic heterocycles. The second-order valence-corrected chi connectivity index (χ2v) is 11.3. The first-order chi connectivity index (χ1) is 18.1. The lowest BCUT2D eigenvalue weighted by atomic mass is 10.1. The van der Waals surface area contributed by atoms with Crippen LogP contribution in [0.2, 0.25) is 0 Å². The summed E-state index contributed by atoms with van der Waals surface area (Å²) in [4.78, 5) is 28.6. The average Bonchev–Trinajstić information content (AvgIpc) is 2.88. The van der Waals surface area contributed by atoms with Crippen LogP contribution < -0.4 is 9.62 Å². The monoisotopic (exact) mass is 535 g/mol. The predicted octanol–water partition coefficient (Wildman–Crippen LogP) is 4.75. The van der Waals surface area contributed by atoms with Gasteiger partial charge in [-0.05, 0) is 63.4 Å². The third-order valence-electron chi connectivity index (χ3n) is 6.40. The molecule has 202 valence electrons. The van der Waals surface area contributed by atoms with Crippen molar-refractivity contribution < 1.29 is 18.0 Å². The van der Waals surface area contributed by atoms with E-state index in [2.05, 4.69) is 5.32 Å². The highest BCUT2D eigenvalue weighted by atomic mass is 32.2. The fourth-order valence-electron chi connectivity index (χ4n) is 4.54. The highest BCUT2D eigenvalue weighted by molar-refractivity contribution is 7.92. The molecule has 7 nitrogen and oxygen atoms in total. The molecular formula is C30H37N3O4S. The molecule has 38 heavy (non-hydrogen) atoms. The van der Waals surface area contributed by atoms with E-state index in [-0.39, 0.29) is 17.3 Å². The van der Waals surface area contributed by atoms with E-state index in [1.54, 1.807) is 24.3 Å². The largest absolute Gasteiger partial charge is 0.355 e. The molecule has 3 rings (SSSR count). The van der Waals surface area contributed by atoms with Crippen LogP contribution in [0.5, 0.6) is 0 Å². The zero-order valence-corrected chi connectivity index (χ0v) is 23.6. The van der Waals surface area contributed by atoms with Crippen LogP contribution in [0.4, 0.5) is 5.69 Å². The molecule has 0 saturated carbocycles. The number of likely N-dealkylation sites (N-methyl/N-ethyl adjacent to an activating group) is 1. The Balaban J connectivity index is 2.08. The fourth-order valence-corrected chi connectivity index (χ4v) is 6.04. The lowest BCUT2D eigenvalue weighted by molar-refractivity contribution is -0.140. The van der Waals surface area contributed by atoms with Crippen molar-refractivity contribution in [2.45, 2.75) is 58.5 Å². The minimum absolute atomic E-state index is 0.0915. The Hall–Kier alpha value is -3.65. The van der Waals surface area contributed by atoms with Crippen LogP contribution in [0.1, 0.15) is 42.5 Å².